The molecule has 1 heterocycles. The van der Waals surface area contributed by atoms with Crippen molar-refractivity contribution in [1.82, 2.24) is 20.6 Å². The highest BCUT2D eigenvalue weighted by molar-refractivity contribution is 7.99. The largest absolute Gasteiger partial charge is 0.480 e. The molecule has 2 amide bonds. The summed E-state index contributed by atoms with van der Waals surface area (Å²) in [7, 11) is 0. The van der Waals surface area contributed by atoms with Crippen LogP contribution in [0, 0.1) is 0 Å². The number of rotatable bonds is 9. The molecule has 0 aliphatic rings. The molecule has 1 rings (SSSR count). The highest BCUT2D eigenvalue weighted by Gasteiger charge is 2.21. The van der Waals surface area contributed by atoms with Crippen LogP contribution in [0.25, 0.3) is 0 Å². The quantitative estimate of drug-likeness (QED) is 0.513. The number of thioether (sulfide) groups is 1. The van der Waals surface area contributed by atoms with Crippen molar-refractivity contribution in [2.75, 3.05) is 11.5 Å². The number of H-pyrrole nitrogens is 1. The number of carbonyl (C=O) groups excluding carboxylic acids is 1. The molecule has 7 nitrogen and oxygen atoms in total. The Morgan fingerprint density at radius 3 is 2.81 bits per heavy atom. The van der Waals surface area contributed by atoms with Gasteiger partial charge < -0.3 is 20.7 Å². The predicted molar refractivity (Wildman–Crippen MR) is 82.5 cm³/mol. The summed E-state index contributed by atoms with van der Waals surface area (Å²) in [5, 5.41) is 14.4. The minimum atomic E-state index is -1.08. The molecule has 0 saturated carbocycles. The maximum Gasteiger partial charge on any atom is 0.326 e. The van der Waals surface area contributed by atoms with Crippen molar-refractivity contribution in [1.29, 1.82) is 0 Å². The monoisotopic (exact) mass is 314 g/mol. The van der Waals surface area contributed by atoms with Gasteiger partial charge in [0.2, 0.25) is 0 Å². The molecule has 4 N–H and O–H groups in total. The molecule has 0 bridgehead atoms. The van der Waals surface area contributed by atoms with E-state index in [0.717, 1.165) is 17.9 Å². The standard InChI is InChI=1S/C13H22N4O3S/c1-3-21-5-4-9(2)16-13(20)17-11(12(18)19)6-10-7-14-8-15-10/h7-9,11H,3-6H2,1-2H3,(H,14,15)(H,18,19)(H2,16,17,20)/t9?,11-/m0/s1. The number of nitrogens with zero attached hydrogens (tertiary/aromatic N) is 1. The summed E-state index contributed by atoms with van der Waals surface area (Å²) in [4.78, 5) is 29.6. The number of amides is 2. The normalized spacial score (nSPS) is 13.4. The third kappa shape index (κ3) is 7.03. The van der Waals surface area contributed by atoms with Gasteiger partial charge in [0, 0.05) is 24.4 Å². The Labute approximate surface area is 128 Å². The van der Waals surface area contributed by atoms with Crippen molar-refractivity contribution >= 4 is 23.8 Å². The Balaban J connectivity index is 2.40. The number of carbonyl (C=O) groups is 2. The number of carboxylic acid groups (broad SMARTS) is 1. The fourth-order valence-corrected chi connectivity index (χ4v) is 2.53. The van der Waals surface area contributed by atoms with Gasteiger partial charge in [0.15, 0.2) is 0 Å². The van der Waals surface area contributed by atoms with Crippen LogP contribution in [0.15, 0.2) is 12.5 Å². The second-order valence-electron chi connectivity index (χ2n) is 4.68. The second kappa shape index (κ2) is 9.28. The van der Waals surface area contributed by atoms with Crippen molar-refractivity contribution in [3.63, 3.8) is 0 Å². The first kappa shape index (κ1) is 17.4. The van der Waals surface area contributed by atoms with Crippen LogP contribution in [0.4, 0.5) is 4.79 Å². The first-order chi connectivity index (χ1) is 10.0. The van der Waals surface area contributed by atoms with E-state index >= 15 is 0 Å². The Morgan fingerprint density at radius 2 is 2.24 bits per heavy atom. The van der Waals surface area contributed by atoms with Gasteiger partial charge in [0.25, 0.3) is 0 Å². The highest BCUT2D eigenvalue weighted by Crippen LogP contribution is 2.04. The fraction of sp³-hybridized carbons (Fsp3) is 0.615. The zero-order chi connectivity index (χ0) is 15.7. The molecule has 0 aromatic carbocycles. The Hall–Kier alpha value is -1.70. The predicted octanol–water partition coefficient (Wildman–Crippen LogP) is 1.24. The van der Waals surface area contributed by atoms with E-state index in [4.69, 9.17) is 5.11 Å². The minimum Gasteiger partial charge on any atom is -0.480 e. The lowest BCUT2D eigenvalue weighted by atomic mass is 10.1. The molecule has 1 aromatic rings. The minimum absolute atomic E-state index is 0.00523. The van der Waals surface area contributed by atoms with Gasteiger partial charge in [0.05, 0.1) is 6.33 Å². The van der Waals surface area contributed by atoms with Crippen LogP contribution in [0.5, 0.6) is 0 Å². The number of aromatic amines is 1. The molecular weight excluding hydrogens is 292 g/mol. The summed E-state index contributed by atoms with van der Waals surface area (Å²) in [6.07, 6.45) is 4.04. The molecule has 0 aliphatic heterocycles. The summed E-state index contributed by atoms with van der Waals surface area (Å²) < 4.78 is 0. The molecule has 0 saturated heterocycles. The zero-order valence-corrected chi connectivity index (χ0v) is 13.1. The van der Waals surface area contributed by atoms with Crippen molar-refractivity contribution in [2.45, 2.75) is 38.8 Å². The highest BCUT2D eigenvalue weighted by atomic mass is 32.2. The van der Waals surface area contributed by atoms with Gasteiger partial charge in [-0.25, -0.2) is 14.6 Å². The van der Waals surface area contributed by atoms with Crippen LogP contribution < -0.4 is 10.6 Å². The number of hydrogen-bond donors (Lipinski definition) is 4. The number of aliphatic carboxylic acids is 1. The molecule has 1 unspecified atom stereocenters. The SMILES string of the molecule is CCSCCC(C)NC(=O)N[C@@H](Cc1cnc[nH]1)C(=O)O. The topological polar surface area (TPSA) is 107 Å². The molecule has 0 radical (unpaired) electrons. The van der Waals surface area contributed by atoms with Crippen LogP contribution >= 0.6 is 11.8 Å². The lowest BCUT2D eigenvalue weighted by Gasteiger charge is -2.18. The smallest absolute Gasteiger partial charge is 0.326 e. The molecule has 0 spiro atoms. The molecule has 0 fully saturated rings. The van der Waals surface area contributed by atoms with E-state index in [2.05, 4.69) is 27.5 Å². The summed E-state index contributed by atoms with van der Waals surface area (Å²) >= 11 is 1.81. The maximum atomic E-state index is 11.8. The number of aromatic nitrogens is 2. The Bertz CT molecular complexity index is 439. The van der Waals surface area contributed by atoms with Gasteiger partial charge in [0.1, 0.15) is 6.04 Å². The van der Waals surface area contributed by atoms with E-state index < -0.39 is 18.0 Å². The number of carboxylic acids is 1. The third-order valence-electron chi connectivity index (χ3n) is 2.86. The second-order valence-corrected chi connectivity index (χ2v) is 6.07. The Kier molecular flexibility index (Phi) is 7.66. The average molecular weight is 314 g/mol. The van der Waals surface area contributed by atoms with Gasteiger partial charge in [-0.3, -0.25) is 0 Å². The number of urea groups is 1. The van der Waals surface area contributed by atoms with Gasteiger partial charge >= 0.3 is 12.0 Å². The van der Waals surface area contributed by atoms with E-state index in [-0.39, 0.29) is 12.5 Å². The van der Waals surface area contributed by atoms with E-state index in [9.17, 15) is 9.59 Å². The fourth-order valence-electron chi connectivity index (χ4n) is 1.72. The number of imidazole rings is 1. The van der Waals surface area contributed by atoms with E-state index in [1.54, 1.807) is 6.20 Å². The van der Waals surface area contributed by atoms with Crippen LogP contribution in [0.2, 0.25) is 0 Å². The van der Waals surface area contributed by atoms with Gasteiger partial charge in [-0.2, -0.15) is 11.8 Å². The lowest BCUT2D eigenvalue weighted by Crippen LogP contribution is -2.49. The van der Waals surface area contributed by atoms with Crippen molar-refractivity contribution in [2.24, 2.45) is 0 Å². The molecule has 0 aliphatic carbocycles. The van der Waals surface area contributed by atoms with E-state index in [1.807, 2.05) is 18.7 Å². The first-order valence-corrected chi connectivity index (χ1v) is 8.03. The van der Waals surface area contributed by atoms with Crippen molar-refractivity contribution in [3.8, 4) is 0 Å². The molecule has 2 atom stereocenters. The van der Waals surface area contributed by atoms with Crippen LogP contribution in [0.3, 0.4) is 0 Å². The third-order valence-corrected chi connectivity index (χ3v) is 3.79. The van der Waals surface area contributed by atoms with Gasteiger partial charge in [-0.15, -0.1) is 0 Å². The summed E-state index contributed by atoms with van der Waals surface area (Å²) in [6, 6.07) is -1.44. The number of hydrogen-bond acceptors (Lipinski definition) is 4. The molecule has 8 heteroatoms. The summed E-state index contributed by atoms with van der Waals surface area (Å²) in [6.45, 7) is 3.99. The van der Waals surface area contributed by atoms with E-state index in [1.165, 1.54) is 6.33 Å². The Morgan fingerprint density at radius 1 is 1.48 bits per heavy atom. The van der Waals surface area contributed by atoms with Crippen molar-refractivity contribution in [3.05, 3.63) is 18.2 Å². The summed E-state index contributed by atoms with van der Waals surface area (Å²) in [5.74, 6) is 0.937. The molecule has 1 aromatic heterocycles. The average Bonchev–Trinajstić information content (AvgIpc) is 2.91. The zero-order valence-electron chi connectivity index (χ0n) is 12.3. The maximum absolute atomic E-state index is 11.8. The number of nitrogens with one attached hydrogen (secondary N) is 3. The van der Waals surface area contributed by atoms with Crippen LogP contribution in [-0.2, 0) is 11.2 Å². The molecule has 21 heavy (non-hydrogen) atoms. The van der Waals surface area contributed by atoms with Crippen molar-refractivity contribution < 1.29 is 14.7 Å². The lowest BCUT2D eigenvalue weighted by molar-refractivity contribution is -0.139. The summed E-state index contributed by atoms with van der Waals surface area (Å²) in [5.41, 5.74) is 0.662. The first-order valence-electron chi connectivity index (χ1n) is 6.87. The van der Waals surface area contributed by atoms with E-state index in [0.29, 0.717) is 5.69 Å². The van der Waals surface area contributed by atoms with Gasteiger partial charge in [-0.05, 0) is 24.9 Å². The van der Waals surface area contributed by atoms with Gasteiger partial charge in [-0.1, -0.05) is 6.92 Å². The van der Waals surface area contributed by atoms with Crippen LogP contribution in [-0.4, -0.2) is 50.7 Å². The molecular formula is C13H22N4O3S. The molecule has 118 valence electrons. The van der Waals surface area contributed by atoms with Crippen LogP contribution in [0.1, 0.15) is 26.0 Å².